The predicted octanol–water partition coefficient (Wildman–Crippen LogP) is 2.83. The van der Waals surface area contributed by atoms with Crippen molar-refractivity contribution in [2.75, 3.05) is 18.0 Å². The maximum Gasteiger partial charge on any atom is 0.146 e. The summed E-state index contributed by atoms with van der Waals surface area (Å²) in [5.41, 5.74) is 1.66. The topological polar surface area (TPSA) is 46.0 Å². The molecule has 1 aliphatic carbocycles. The number of rotatable bonds is 9. The molecule has 1 saturated carbocycles. The molecular weight excluding hydrogens is 305 g/mol. The van der Waals surface area contributed by atoms with Crippen molar-refractivity contribution >= 4 is 5.69 Å². The van der Waals surface area contributed by atoms with Crippen molar-refractivity contribution in [3.8, 4) is 0 Å². The van der Waals surface area contributed by atoms with Gasteiger partial charge >= 0.3 is 0 Å². The molecule has 1 aromatic carbocycles. The molecule has 24 heavy (non-hydrogen) atoms. The third-order valence-electron chi connectivity index (χ3n) is 4.73. The van der Waals surface area contributed by atoms with Crippen molar-refractivity contribution in [1.29, 1.82) is 0 Å². The second-order valence-electron chi connectivity index (χ2n) is 6.40. The third kappa shape index (κ3) is 4.12. The predicted molar refractivity (Wildman–Crippen MR) is 93.3 cm³/mol. The summed E-state index contributed by atoms with van der Waals surface area (Å²) < 4.78 is 16.2. The largest absolute Gasteiger partial charge is 0.370 e. The normalized spacial score (nSPS) is 15.5. The van der Waals surface area contributed by atoms with Gasteiger partial charge < -0.3 is 10.2 Å². The number of hydrogen-bond acceptors (Lipinski definition) is 4. The molecule has 0 unspecified atom stereocenters. The Morgan fingerprint density at radius 3 is 2.71 bits per heavy atom. The van der Waals surface area contributed by atoms with Crippen LogP contribution in [0.1, 0.15) is 32.3 Å². The van der Waals surface area contributed by atoms with Crippen molar-refractivity contribution in [3.05, 3.63) is 42.2 Å². The first-order chi connectivity index (χ1) is 11.7. The summed E-state index contributed by atoms with van der Waals surface area (Å²) in [5.74, 6) is 0.547. The van der Waals surface area contributed by atoms with Gasteiger partial charge in [0.2, 0.25) is 0 Å². The van der Waals surface area contributed by atoms with Crippen molar-refractivity contribution in [2.45, 2.75) is 45.8 Å². The van der Waals surface area contributed by atoms with E-state index in [1.165, 1.54) is 12.8 Å². The van der Waals surface area contributed by atoms with Gasteiger partial charge in [0.15, 0.2) is 0 Å². The first-order valence-corrected chi connectivity index (χ1v) is 8.80. The molecule has 3 rings (SSSR count). The highest BCUT2D eigenvalue weighted by atomic mass is 19.1. The number of hydrogen-bond donors (Lipinski definition) is 1. The molecule has 1 heterocycles. The summed E-state index contributed by atoms with van der Waals surface area (Å²) in [6, 6.07) is 5.92. The molecule has 0 aliphatic heterocycles. The summed E-state index contributed by atoms with van der Waals surface area (Å²) in [6.45, 7) is 7.20. The fraction of sp³-hybridized carbons (Fsp3) is 0.556. The van der Waals surface area contributed by atoms with Gasteiger partial charge in [0.1, 0.15) is 18.5 Å². The lowest BCUT2D eigenvalue weighted by Crippen LogP contribution is -2.35. The van der Waals surface area contributed by atoms with E-state index in [9.17, 15) is 4.39 Å². The molecule has 0 radical (unpaired) electrons. The SMILES string of the molecule is CCN(CC)c1ccc(CN[C@H](Cn2cncn2)C2CC2)cc1F. The van der Waals surface area contributed by atoms with Gasteiger partial charge in [0, 0.05) is 25.7 Å². The molecule has 5 nitrogen and oxygen atoms in total. The fourth-order valence-corrected chi connectivity index (χ4v) is 3.14. The summed E-state index contributed by atoms with van der Waals surface area (Å²) >= 11 is 0. The standard InChI is InChI=1S/C18H26FN5/c1-3-23(4-2)18-8-5-14(9-16(18)19)10-21-17(15-6-7-15)11-24-13-20-12-22-24/h5,8-9,12-13,15,17,21H,3-4,6-7,10-11H2,1-2H3/t17-/m1/s1. The van der Waals surface area contributed by atoms with Crippen LogP contribution in [-0.4, -0.2) is 33.9 Å². The molecule has 1 fully saturated rings. The first-order valence-electron chi connectivity index (χ1n) is 8.80. The van der Waals surface area contributed by atoms with Crippen LogP contribution < -0.4 is 10.2 Å². The second-order valence-corrected chi connectivity index (χ2v) is 6.40. The molecule has 0 amide bonds. The Bertz CT molecular complexity index is 635. The minimum Gasteiger partial charge on any atom is -0.370 e. The monoisotopic (exact) mass is 331 g/mol. The third-order valence-corrected chi connectivity index (χ3v) is 4.73. The van der Waals surface area contributed by atoms with E-state index in [0.29, 0.717) is 24.2 Å². The van der Waals surface area contributed by atoms with Gasteiger partial charge in [-0.1, -0.05) is 6.07 Å². The summed E-state index contributed by atoms with van der Waals surface area (Å²) in [5, 5.41) is 7.76. The van der Waals surface area contributed by atoms with E-state index >= 15 is 0 Å². The summed E-state index contributed by atoms with van der Waals surface area (Å²) in [7, 11) is 0. The number of halogens is 1. The highest BCUT2D eigenvalue weighted by Crippen LogP contribution is 2.33. The number of nitrogens with one attached hydrogen (secondary N) is 1. The van der Waals surface area contributed by atoms with Crippen LogP contribution in [0.5, 0.6) is 0 Å². The zero-order valence-corrected chi connectivity index (χ0v) is 14.5. The Kier molecular flexibility index (Phi) is 5.45. The van der Waals surface area contributed by atoms with Crippen molar-refractivity contribution < 1.29 is 4.39 Å². The van der Waals surface area contributed by atoms with Gasteiger partial charge in [-0.3, -0.25) is 4.68 Å². The minimum atomic E-state index is -0.141. The quantitative estimate of drug-likeness (QED) is 0.767. The molecule has 0 bridgehead atoms. The molecule has 0 spiro atoms. The van der Waals surface area contributed by atoms with Gasteiger partial charge in [-0.05, 0) is 50.3 Å². The lowest BCUT2D eigenvalue weighted by atomic mass is 10.1. The zero-order valence-electron chi connectivity index (χ0n) is 14.5. The maximum atomic E-state index is 14.4. The van der Waals surface area contributed by atoms with E-state index in [1.54, 1.807) is 18.7 Å². The highest BCUT2D eigenvalue weighted by molar-refractivity contribution is 5.49. The smallest absolute Gasteiger partial charge is 0.146 e. The lowest BCUT2D eigenvalue weighted by Gasteiger charge is -2.22. The Hall–Kier alpha value is -1.95. The van der Waals surface area contributed by atoms with Gasteiger partial charge in [-0.25, -0.2) is 9.37 Å². The lowest BCUT2D eigenvalue weighted by molar-refractivity contribution is 0.387. The van der Waals surface area contributed by atoms with Crippen molar-refractivity contribution in [2.24, 2.45) is 5.92 Å². The number of anilines is 1. The number of benzene rings is 1. The van der Waals surface area contributed by atoms with Crippen LogP contribution in [-0.2, 0) is 13.1 Å². The van der Waals surface area contributed by atoms with Gasteiger partial charge in [-0.15, -0.1) is 0 Å². The zero-order chi connectivity index (χ0) is 16.9. The minimum absolute atomic E-state index is 0.141. The van der Waals surface area contributed by atoms with E-state index in [-0.39, 0.29) is 5.82 Å². The number of nitrogens with zero attached hydrogens (tertiary/aromatic N) is 4. The Morgan fingerprint density at radius 1 is 1.33 bits per heavy atom. The van der Waals surface area contributed by atoms with Crippen LogP contribution in [0.25, 0.3) is 0 Å². The van der Waals surface area contributed by atoms with Crippen LogP contribution in [0.4, 0.5) is 10.1 Å². The van der Waals surface area contributed by atoms with Crippen molar-refractivity contribution in [3.63, 3.8) is 0 Å². The van der Waals surface area contributed by atoms with E-state index in [0.717, 1.165) is 25.2 Å². The molecule has 1 aliphatic rings. The molecule has 1 aromatic heterocycles. The van der Waals surface area contributed by atoms with Crippen LogP contribution >= 0.6 is 0 Å². The summed E-state index contributed by atoms with van der Waals surface area (Å²) in [6.07, 6.45) is 5.81. The van der Waals surface area contributed by atoms with Crippen LogP contribution in [0.2, 0.25) is 0 Å². The van der Waals surface area contributed by atoms with Crippen LogP contribution in [0.15, 0.2) is 30.9 Å². The number of aromatic nitrogens is 3. The molecule has 6 heteroatoms. The van der Waals surface area contributed by atoms with Crippen LogP contribution in [0, 0.1) is 11.7 Å². The Morgan fingerprint density at radius 2 is 2.12 bits per heavy atom. The second kappa shape index (κ2) is 7.75. The van der Waals surface area contributed by atoms with E-state index in [4.69, 9.17) is 0 Å². The van der Waals surface area contributed by atoms with Gasteiger partial charge in [0.05, 0.1) is 12.2 Å². The Balaban J connectivity index is 1.61. The highest BCUT2D eigenvalue weighted by Gasteiger charge is 2.31. The summed E-state index contributed by atoms with van der Waals surface area (Å²) in [4.78, 5) is 6.03. The first kappa shape index (κ1) is 16.9. The average molecular weight is 331 g/mol. The molecule has 2 aromatic rings. The molecule has 1 atom stereocenters. The molecule has 130 valence electrons. The van der Waals surface area contributed by atoms with Crippen LogP contribution in [0.3, 0.4) is 0 Å². The average Bonchev–Trinajstić information content (AvgIpc) is 3.31. The van der Waals surface area contributed by atoms with E-state index < -0.39 is 0 Å². The van der Waals surface area contributed by atoms with Crippen molar-refractivity contribution in [1.82, 2.24) is 20.1 Å². The maximum absolute atomic E-state index is 14.4. The van der Waals surface area contributed by atoms with E-state index in [2.05, 4.69) is 15.4 Å². The Labute approximate surface area is 142 Å². The van der Waals surface area contributed by atoms with E-state index in [1.807, 2.05) is 35.6 Å². The fourth-order valence-electron chi connectivity index (χ4n) is 3.14. The van der Waals surface area contributed by atoms with Gasteiger partial charge in [0.25, 0.3) is 0 Å². The molecular formula is C18H26FN5. The molecule has 0 saturated heterocycles. The van der Waals surface area contributed by atoms with Gasteiger partial charge in [-0.2, -0.15) is 5.10 Å². The molecule has 1 N–H and O–H groups in total.